The Hall–Kier alpha value is -4.41. The maximum atomic E-state index is 12.4. The van der Waals surface area contributed by atoms with Crippen LogP contribution in [0.25, 0.3) is 5.69 Å². The fraction of sp³-hybridized carbons (Fsp3) is 0.207. The lowest BCUT2D eigenvalue weighted by Gasteiger charge is -2.29. The molecule has 9 nitrogen and oxygen atoms in total. The number of nitrogens with one attached hydrogen (secondary N) is 2. The van der Waals surface area contributed by atoms with Gasteiger partial charge in [-0.1, -0.05) is 18.2 Å². The molecule has 2 atom stereocenters. The molecule has 2 N–H and O–H groups in total. The molecule has 2 aromatic heterocycles. The van der Waals surface area contributed by atoms with Crippen molar-refractivity contribution in [1.82, 2.24) is 14.9 Å². The van der Waals surface area contributed by atoms with Gasteiger partial charge >= 0.3 is 0 Å². The van der Waals surface area contributed by atoms with Gasteiger partial charge in [0.25, 0.3) is 0 Å². The van der Waals surface area contributed by atoms with Gasteiger partial charge in [0.1, 0.15) is 24.1 Å². The molecule has 1 amide bonds. The molecular weight excluding hydrogens is 514 g/mol. The second-order valence-corrected chi connectivity index (χ2v) is 9.22. The Morgan fingerprint density at radius 3 is 2.54 bits per heavy atom. The third-order valence-electron chi connectivity index (χ3n) is 6.54. The van der Waals surface area contributed by atoms with Crippen molar-refractivity contribution < 1.29 is 19.0 Å². The van der Waals surface area contributed by atoms with Crippen LogP contribution < -0.4 is 25.0 Å². The van der Waals surface area contributed by atoms with Gasteiger partial charge in [-0.05, 0) is 66.8 Å². The molecule has 39 heavy (non-hydrogen) atoms. The third kappa shape index (κ3) is 5.16. The standard InChI is InChI=1S/C29H29N5O4S/c1-36-18-26(35)31-21-17-19(13-14-24(21)37-2)34-28(27(32-29(34)39)20-9-6-7-15-30-20)23-11-8-16-33(23)22-10-4-5-12-25(22)38-3/h4-17,27-28H,18H2,1-3H3,(H,31,35)(H,32,39)/t27-,28+/m0/s1. The van der Waals surface area contributed by atoms with Crippen molar-refractivity contribution in [2.45, 2.75) is 12.1 Å². The Morgan fingerprint density at radius 2 is 1.79 bits per heavy atom. The molecular formula is C29H29N5O4S. The van der Waals surface area contributed by atoms with Crippen LogP contribution >= 0.6 is 12.2 Å². The first kappa shape index (κ1) is 26.2. The van der Waals surface area contributed by atoms with E-state index in [0.29, 0.717) is 16.5 Å². The topological polar surface area (TPSA) is 89.9 Å². The number of hydrogen-bond donors (Lipinski definition) is 2. The normalized spacial score (nSPS) is 16.6. The Balaban J connectivity index is 1.64. The van der Waals surface area contributed by atoms with Crippen molar-refractivity contribution in [3.8, 4) is 17.2 Å². The maximum Gasteiger partial charge on any atom is 0.250 e. The third-order valence-corrected chi connectivity index (χ3v) is 6.85. The Kier molecular flexibility index (Phi) is 7.76. The molecule has 0 spiro atoms. The van der Waals surface area contributed by atoms with Gasteiger partial charge in [-0.2, -0.15) is 0 Å². The number of ether oxygens (including phenoxy) is 3. The Morgan fingerprint density at radius 1 is 1.00 bits per heavy atom. The van der Waals surface area contributed by atoms with E-state index in [0.717, 1.165) is 28.5 Å². The number of amides is 1. The zero-order valence-corrected chi connectivity index (χ0v) is 22.6. The molecule has 0 aliphatic carbocycles. The van der Waals surface area contributed by atoms with Crippen molar-refractivity contribution in [2.24, 2.45) is 0 Å². The lowest BCUT2D eigenvalue weighted by molar-refractivity contribution is -0.119. The highest BCUT2D eigenvalue weighted by molar-refractivity contribution is 7.80. The number of benzene rings is 2. The van der Waals surface area contributed by atoms with Gasteiger partial charge in [0, 0.05) is 30.9 Å². The molecule has 4 aromatic rings. The minimum absolute atomic E-state index is 0.0755. The van der Waals surface area contributed by atoms with Crippen molar-refractivity contribution in [3.05, 3.63) is 96.6 Å². The number of para-hydroxylation sites is 2. The molecule has 0 unspecified atom stereocenters. The van der Waals surface area contributed by atoms with Crippen LogP contribution in [-0.2, 0) is 9.53 Å². The van der Waals surface area contributed by atoms with Crippen molar-refractivity contribution in [1.29, 1.82) is 0 Å². The molecule has 1 aliphatic heterocycles. The summed E-state index contributed by atoms with van der Waals surface area (Å²) in [5.41, 5.74) is 4.02. The summed E-state index contributed by atoms with van der Waals surface area (Å²) in [4.78, 5) is 19.1. The molecule has 1 saturated heterocycles. The summed E-state index contributed by atoms with van der Waals surface area (Å²) in [6.07, 6.45) is 3.78. The molecule has 0 bridgehead atoms. The zero-order chi connectivity index (χ0) is 27.4. The summed E-state index contributed by atoms with van der Waals surface area (Å²) in [6.45, 7) is -0.0755. The van der Waals surface area contributed by atoms with Crippen molar-refractivity contribution in [2.75, 3.05) is 38.2 Å². The molecule has 1 fully saturated rings. The highest BCUT2D eigenvalue weighted by Crippen LogP contribution is 2.44. The first-order valence-electron chi connectivity index (χ1n) is 12.3. The van der Waals surface area contributed by atoms with E-state index < -0.39 is 0 Å². The van der Waals surface area contributed by atoms with Crippen LogP contribution in [0.1, 0.15) is 23.5 Å². The zero-order valence-electron chi connectivity index (χ0n) is 21.8. The van der Waals surface area contributed by atoms with Crippen molar-refractivity contribution in [3.63, 3.8) is 0 Å². The SMILES string of the molecule is COCC(=O)Nc1cc(N2C(=S)N[C@@H](c3ccccn3)[C@H]2c2cccn2-c2ccccc2OC)ccc1OC. The Labute approximate surface area is 232 Å². The first-order valence-corrected chi connectivity index (χ1v) is 12.7. The largest absolute Gasteiger partial charge is 0.495 e. The lowest BCUT2D eigenvalue weighted by atomic mass is 10.0. The molecule has 3 heterocycles. The number of aromatic nitrogens is 2. The average Bonchev–Trinajstić information content (AvgIpc) is 3.57. The number of nitrogens with zero attached hydrogens (tertiary/aromatic N) is 3. The highest BCUT2D eigenvalue weighted by Gasteiger charge is 2.42. The number of anilines is 2. The minimum atomic E-state index is -0.289. The number of hydrogen-bond acceptors (Lipinski definition) is 6. The quantitative estimate of drug-likeness (QED) is 0.295. The number of carbonyl (C=O) groups excluding carboxylic acids is 1. The minimum Gasteiger partial charge on any atom is -0.495 e. The van der Waals surface area contributed by atoms with E-state index in [2.05, 4.69) is 26.3 Å². The van der Waals surface area contributed by atoms with Crippen LogP contribution in [0.2, 0.25) is 0 Å². The summed E-state index contributed by atoms with van der Waals surface area (Å²) in [7, 11) is 4.69. The predicted molar refractivity (Wildman–Crippen MR) is 154 cm³/mol. The van der Waals surface area contributed by atoms with Crippen LogP contribution in [0.4, 0.5) is 11.4 Å². The molecule has 1 aliphatic rings. The number of thiocarbonyl (C=S) groups is 1. The van der Waals surface area contributed by atoms with Crippen LogP contribution in [0, 0.1) is 0 Å². The van der Waals surface area contributed by atoms with E-state index in [1.165, 1.54) is 7.11 Å². The fourth-order valence-electron chi connectivity index (χ4n) is 4.88. The van der Waals surface area contributed by atoms with Crippen LogP contribution in [0.5, 0.6) is 11.5 Å². The second kappa shape index (κ2) is 11.5. The number of methoxy groups -OCH3 is 3. The van der Waals surface area contributed by atoms with Gasteiger partial charge in [-0.3, -0.25) is 9.78 Å². The van der Waals surface area contributed by atoms with E-state index in [1.54, 1.807) is 20.4 Å². The smallest absolute Gasteiger partial charge is 0.250 e. The number of rotatable bonds is 9. The van der Waals surface area contributed by atoms with Gasteiger partial charge in [0.05, 0.1) is 37.3 Å². The number of pyridine rings is 1. The summed E-state index contributed by atoms with van der Waals surface area (Å²) in [5.74, 6) is 0.983. The van der Waals surface area contributed by atoms with E-state index in [9.17, 15) is 4.79 Å². The highest BCUT2D eigenvalue weighted by atomic mass is 32.1. The van der Waals surface area contributed by atoms with E-state index in [1.807, 2.05) is 77.8 Å². The molecule has 0 saturated carbocycles. The lowest BCUT2D eigenvalue weighted by Crippen LogP contribution is -2.30. The van der Waals surface area contributed by atoms with Gasteiger partial charge < -0.3 is 34.3 Å². The molecule has 200 valence electrons. The second-order valence-electron chi connectivity index (χ2n) is 8.84. The first-order chi connectivity index (χ1) is 19.0. The van der Waals surface area contributed by atoms with Crippen LogP contribution in [0.15, 0.2) is 85.2 Å². The predicted octanol–water partition coefficient (Wildman–Crippen LogP) is 4.65. The van der Waals surface area contributed by atoms with Gasteiger partial charge in [0.2, 0.25) is 5.91 Å². The maximum absolute atomic E-state index is 12.4. The van der Waals surface area contributed by atoms with Gasteiger partial charge in [-0.15, -0.1) is 0 Å². The van der Waals surface area contributed by atoms with E-state index in [-0.39, 0.29) is 24.6 Å². The molecule has 5 rings (SSSR count). The Bertz CT molecular complexity index is 1480. The van der Waals surface area contributed by atoms with Crippen LogP contribution in [-0.4, -0.2) is 48.5 Å². The van der Waals surface area contributed by atoms with Gasteiger partial charge in [0.15, 0.2) is 5.11 Å². The summed E-state index contributed by atoms with van der Waals surface area (Å²) in [6, 6.07) is 22.8. The number of carbonyl (C=O) groups is 1. The molecule has 2 aromatic carbocycles. The van der Waals surface area contributed by atoms with Crippen molar-refractivity contribution >= 4 is 34.6 Å². The fourth-order valence-corrected chi connectivity index (χ4v) is 5.22. The van der Waals surface area contributed by atoms with E-state index >= 15 is 0 Å². The summed E-state index contributed by atoms with van der Waals surface area (Å²) in [5, 5.41) is 6.89. The average molecular weight is 544 g/mol. The molecule has 0 radical (unpaired) electrons. The molecule has 10 heteroatoms. The summed E-state index contributed by atoms with van der Waals surface area (Å²) < 4.78 is 18.3. The monoisotopic (exact) mass is 543 g/mol. The van der Waals surface area contributed by atoms with E-state index in [4.69, 9.17) is 26.4 Å². The van der Waals surface area contributed by atoms with Crippen LogP contribution in [0.3, 0.4) is 0 Å². The summed E-state index contributed by atoms with van der Waals surface area (Å²) >= 11 is 5.91. The van der Waals surface area contributed by atoms with Gasteiger partial charge in [-0.25, -0.2) is 0 Å².